The van der Waals surface area contributed by atoms with Gasteiger partial charge in [0.25, 0.3) is 0 Å². The first kappa shape index (κ1) is 18.4. The number of fused-ring (bicyclic) bond motifs is 1. The maximum atomic E-state index is 9.07. The summed E-state index contributed by atoms with van der Waals surface area (Å²) in [7, 11) is 0. The zero-order valence-corrected chi connectivity index (χ0v) is 15.4. The average Bonchev–Trinajstić information content (AvgIpc) is 2.98. The molecule has 0 radical (unpaired) electrons. The molecule has 3 rings (SSSR count). The third-order valence-electron chi connectivity index (χ3n) is 4.22. The zero-order valence-electron chi connectivity index (χ0n) is 13.8. The maximum Gasteiger partial charge on any atom is 0.141 e. The molecular formula is C16H25ClN4OS. The van der Waals surface area contributed by atoms with Crippen molar-refractivity contribution in [2.45, 2.75) is 26.7 Å². The number of hydrogen-bond donors (Lipinski definition) is 1. The second-order valence-electron chi connectivity index (χ2n) is 5.65. The summed E-state index contributed by atoms with van der Waals surface area (Å²) in [6.45, 7) is 9.20. The van der Waals surface area contributed by atoms with Crippen LogP contribution in [0.15, 0.2) is 6.07 Å². The normalized spacial score (nSPS) is 15.9. The van der Waals surface area contributed by atoms with E-state index in [2.05, 4.69) is 29.7 Å². The molecule has 1 fully saturated rings. The molecule has 128 valence electrons. The molecule has 1 aliphatic rings. The van der Waals surface area contributed by atoms with Crippen LogP contribution in [0, 0.1) is 0 Å². The van der Waals surface area contributed by atoms with Crippen molar-refractivity contribution in [1.29, 1.82) is 0 Å². The van der Waals surface area contributed by atoms with Crippen LogP contribution in [0.2, 0.25) is 0 Å². The highest BCUT2D eigenvalue weighted by molar-refractivity contribution is 7.18. The fourth-order valence-electron chi connectivity index (χ4n) is 2.90. The molecule has 5 nitrogen and oxygen atoms in total. The standard InChI is InChI=1S/C16H24N4OS.ClH/c1-3-12-11-13-15(17-14(4-2)18-16(13)22-12)20-7-5-19(6-8-20)9-10-21;/h11,21H,3-10H2,1-2H3;1H. The van der Waals surface area contributed by atoms with E-state index in [1.54, 1.807) is 11.3 Å². The quantitative estimate of drug-likeness (QED) is 0.891. The Hall–Kier alpha value is -0.950. The van der Waals surface area contributed by atoms with Crippen molar-refractivity contribution in [3.8, 4) is 0 Å². The molecular weight excluding hydrogens is 332 g/mol. The summed E-state index contributed by atoms with van der Waals surface area (Å²) in [5, 5.41) is 10.3. The molecule has 7 heteroatoms. The number of aromatic nitrogens is 2. The van der Waals surface area contributed by atoms with E-state index < -0.39 is 0 Å². The van der Waals surface area contributed by atoms with E-state index in [0.717, 1.165) is 62.0 Å². The maximum absolute atomic E-state index is 9.07. The Morgan fingerprint density at radius 3 is 2.48 bits per heavy atom. The van der Waals surface area contributed by atoms with Gasteiger partial charge in [0.1, 0.15) is 16.5 Å². The van der Waals surface area contributed by atoms with E-state index in [0.29, 0.717) is 0 Å². The lowest BCUT2D eigenvalue weighted by atomic mass is 10.2. The number of hydrogen-bond acceptors (Lipinski definition) is 6. The van der Waals surface area contributed by atoms with Gasteiger partial charge in [0.2, 0.25) is 0 Å². The van der Waals surface area contributed by atoms with Gasteiger partial charge in [-0.25, -0.2) is 9.97 Å². The van der Waals surface area contributed by atoms with Crippen LogP contribution in [0.25, 0.3) is 10.2 Å². The first-order valence-corrected chi connectivity index (χ1v) is 8.94. The molecule has 0 amide bonds. The average molecular weight is 357 g/mol. The van der Waals surface area contributed by atoms with Gasteiger partial charge in [-0.1, -0.05) is 13.8 Å². The van der Waals surface area contributed by atoms with E-state index in [1.807, 2.05) is 0 Å². The Labute approximate surface area is 147 Å². The van der Waals surface area contributed by atoms with Crippen LogP contribution in [0.4, 0.5) is 5.82 Å². The van der Waals surface area contributed by atoms with Crippen molar-refractivity contribution in [1.82, 2.24) is 14.9 Å². The van der Waals surface area contributed by atoms with Gasteiger partial charge in [-0.15, -0.1) is 23.7 Å². The molecule has 0 saturated carbocycles. The summed E-state index contributed by atoms with van der Waals surface area (Å²) >= 11 is 1.79. The number of rotatable bonds is 5. The molecule has 1 saturated heterocycles. The van der Waals surface area contributed by atoms with E-state index in [-0.39, 0.29) is 19.0 Å². The van der Waals surface area contributed by atoms with Crippen molar-refractivity contribution in [3.63, 3.8) is 0 Å². The highest BCUT2D eigenvalue weighted by Gasteiger charge is 2.21. The molecule has 0 unspecified atom stereocenters. The van der Waals surface area contributed by atoms with Crippen molar-refractivity contribution < 1.29 is 5.11 Å². The van der Waals surface area contributed by atoms with Gasteiger partial charge in [-0.3, -0.25) is 4.90 Å². The van der Waals surface area contributed by atoms with E-state index in [4.69, 9.17) is 15.1 Å². The van der Waals surface area contributed by atoms with Gasteiger partial charge in [-0.2, -0.15) is 0 Å². The summed E-state index contributed by atoms with van der Waals surface area (Å²) in [6.07, 6.45) is 1.92. The van der Waals surface area contributed by atoms with Gasteiger partial charge in [0, 0.05) is 44.0 Å². The Morgan fingerprint density at radius 1 is 1.13 bits per heavy atom. The Kier molecular flexibility index (Phi) is 6.59. The smallest absolute Gasteiger partial charge is 0.141 e. The molecule has 23 heavy (non-hydrogen) atoms. The molecule has 2 aromatic heterocycles. The first-order valence-electron chi connectivity index (χ1n) is 8.12. The molecule has 0 aromatic carbocycles. The largest absolute Gasteiger partial charge is 0.395 e. The highest BCUT2D eigenvalue weighted by Crippen LogP contribution is 2.32. The summed E-state index contributed by atoms with van der Waals surface area (Å²) in [5.41, 5.74) is 0. The summed E-state index contributed by atoms with van der Waals surface area (Å²) in [6, 6.07) is 2.26. The number of β-amino-alcohol motifs (C(OH)–C–C–N with tert-alkyl or cyclic N) is 1. The lowest BCUT2D eigenvalue weighted by Crippen LogP contribution is -2.47. The number of anilines is 1. The molecule has 3 heterocycles. The minimum Gasteiger partial charge on any atom is -0.395 e. The summed E-state index contributed by atoms with van der Waals surface area (Å²) < 4.78 is 0. The minimum atomic E-state index is 0. The third kappa shape index (κ3) is 3.94. The SMILES string of the molecule is CCc1nc(N2CCN(CCO)CC2)c2cc(CC)sc2n1.Cl. The number of aryl methyl sites for hydroxylation is 2. The Morgan fingerprint density at radius 2 is 1.87 bits per heavy atom. The van der Waals surface area contributed by atoms with Gasteiger partial charge in [-0.05, 0) is 12.5 Å². The van der Waals surface area contributed by atoms with Gasteiger partial charge >= 0.3 is 0 Å². The number of piperazine rings is 1. The lowest BCUT2D eigenvalue weighted by molar-refractivity contribution is 0.188. The van der Waals surface area contributed by atoms with Crippen LogP contribution in [-0.2, 0) is 12.8 Å². The van der Waals surface area contributed by atoms with Crippen LogP contribution < -0.4 is 4.90 Å². The minimum absolute atomic E-state index is 0. The Balaban J connectivity index is 0.00000192. The predicted octanol–water partition coefficient (Wildman–Crippen LogP) is 2.35. The molecule has 0 atom stereocenters. The zero-order chi connectivity index (χ0) is 15.5. The monoisotopic (exact) mass is 356 g/mol. The van der Waals surface area contributed by atoms with Gasteiger partial charge in [0.05, 0.1) is 12.0 Å². The number of halogens is 1. The predicted molar refractivity (Wildman–Crippen MR) is 99.2 cm³/mol. The van der Waals surface area contributed by atoms with Gasteiger partial charge in [0.15, 0.2) is 0 Å². The van der Waals surface area contributed by atoms with E-state index in [9.17, 15) is 0 Å². The highest BCUT2D eigenvalue weighted by atomic mass is 35.5. The number of thiophene rings is 1. The second-order valence-corrected chi connectivity index (χ2v) is 6.77. The second kappa shape index (κ2) is 8.24. The molecule has 2 aromatic rings. The topological polar surface area (TPSA) is 52.5 Å². The number of nitrogens with zero attached hydrogens (tertiary/aromatic N) is 4. The lowest BCUT2D eigenvalue weighted by Gasteiger charge is -2.35. The van der Waals surface area contributed by atoms with Crippen LogP contribution >= 0.6 is 23.7 Å². The molecule has 0 aliphatic carbocycles. The van der Waals surface area contributed by atoms with Crippen LogP contribution in [0.5, 0.6) is 0 Å². The summed E-state index contributed by atoms with van der Waals surface area (Å²) in [4.78, 5) is 16.7. The fourth-order valence-corrected chi connectivity index (χ4v) is 3.88. The first-order chi connectivity index (χ1) is 10.7. The van der Waals surface area contributed by atoms with Gasteiger partial charge < -0.3 is 10.0 Å². The molecule has 0 bridgehead atoms. The number of aliphatic hydroxyl groups is 1. The van der Waals surface area contributed by atoms with Crippen LogP contribution in [-0.4, -0.2) is 59.3 Å². The Bertz CT molecular complexity index is 640. The summed E-state index contributed by atoms with van der Waals surface area (Å²) in [5.74, 6) is 2.03. The van der Waals surface area contributed by atoms with Crippen molar-refractivity contribution >= 4 is 39.8 Å². The van der Waals surface area contributed by atoms with Crippen molar-refractivity contribution in [3.05, 3.63) is 16.8 Å². The molecule has 1 N–H and O–H groups in total. The number of aliphatic hydroxyl groups excluding tert-OH is 1. The fraction of sp³-hybridized carbons (Fsp3) is 0.625. The van der Waals surface area contributed by atoms with Crippen LogP contribution in [0.3, 0.4) is 0 Å². The van der Waals surface area contributed by atoms with Crippen molar-refractivity contribution in [2.75, 3.05) is 44.2 Å². The molecule has 1 aliphatic heterocycles. The molecule has 0 spiro atoms. The van der Waals surface area contributed by atoms with Crippen LogP contribution in [0.1, 0.15) is 24.5 Å². The van der Waals surface area contributed by atoms with Crippen molar-refractivity contribution in [2.24, 2.45) is 0 Å². The third-order valence-corrected chi connectivity index (χ3v) is 5.40. The van der Waals surface area contributed by atoms with E-state index in [1.165, 1.54) is 10.3 Å². The van der Waals surface area contributed by atoms with E-state index >= 15 is 0 Å².